The van der Waals surface area contributed by atoms with Crippen molar-refractivity contribution < 1.29 is 18.3 Å². The SMILES string of the molecule is O=C(O)CCCCCS(=O)(=O)CC1CCCC1. The molecular weight excluding hydrogens is 240 g/mol. The lowest BCUT2D eigenvalue weighted by molar-refractivity contribution is -0.137. The van der Waals surface area contributed by atoms with Gasteiger partial charge in [0.15, 0.2) is 9.84 Å². The molecule has 0 bridgehead atoms. The molecule has 1 saturated carbocycles. The van der Waals surface area contributed by atoms with Gasteiger partial charge >= 0.3 is 5.97 Å². The van der Waals surface area contributed by atoms with E-state index in [-0.39, 0.29) is 12.2 Å². The Morgan fingerprint density at radius 1 is 1.12 bits per heavy atom. The third kappa shape index (κ3) is 6.66. The van der Waals surface area contributed by atoms with E-state index in [2.05, 4.69) is 0 Å². The molecule has 0 aromatic carbocycles. The van der Waals surface area contributed by atoms with Gasteiger partial charge in [-0.15, -0.1) is 0 Å². The second-order valence-corrected chi connectivity index (χ2v) is 7.20. The lowest BCUT2D eigenvalue weighted by atomic mass is 10.1. The zero-order chi connectivity index (χ0) is 12.7. The third-order valence-electron chi connectivity index (χ3n) is 3.31. The van der Waals surface area contributed by atoms with E-state index in [0.29, 0.717) is 30.9 Å². The van der Waals surface area contributed by atoms with Gasteiger partial charge in [0, 0.05) is 6.42 Å². The number of sulfone groups is 1. The molecule has 0 amide bonds. The molecule has 0 aromatic rings. The van der Waals surface area contributed by atoms with E-state index in [1.807, 2.05) is 0 Å². The van der Waals surface area contributed by atoms with Crippen molar-refractivity contribution >= 4 is 15.8 Å². The molecule has 1 rings (SSSR count). The first-order valence-corrected chi connectivity index (χ1v) is 8.24. The van der Waals surface area contributed by atoms with Gasteiger partial charge in [0.1, 0.15) is 0 Å². The van der Waals surface area contributed by atoms with E-state index in [1.165, 1.54) is 12.8 Å². The van der Waals surface area contributed by atoms with Crippen LogP contribution in [-0.2, 0) is 14.6 Å². The molecule has 0 saturated heterocycles. The first-order valence-electron chi connectivity index (χ1n) is 6.42. The highest BCUT2D eigenvalue weighted by atomic mass is 32.2. The fourth-order valence-corrected chi connectivity index (χ4v) is 4.26. The van der Waals surface area contributed by atoms with Crippen molar-refractivity contribution in [3.05, 3.63) is 0 Å². The Morgan fingerprint density at radius 2 is 1.76 bits per heavy atom. The Morgan fingerprint density at radius 3 is 2.35 bits per heavy atom. The lowest BCUT2D eigenvalue weighted by Gasteiger charge is -2.09. The van der Waals surface area contributed by atoms with Crippen molar-refractivity contribution in [1.29, 1.82) is 0 Å². The Bertz CT molecular complexity index is 328. The summed E-state index contributed by atoms with van der Waals surface area (Å²) in [6, 6.07) is 0. The summed E-state index contributed by atoms with van der Waals surface area (Å²) in [5, 5.41) is 8.44. The minimum absolute atomic E-state index is 0.142. The molecular formula is C12H22O4S. The molecule has 0 unspecified atom stereocenters. The summed E-state index contributed by atoms with van der Waals surface area (Å²) in [7, 11) is -2.91. The Kier molecular flexibility index (Phi) is 5.95. The number of unbranched alkanes of at least 4 members (excludes halogenated alkanes) is 2. The predicted octanol–water partition coefficient (Wildman–Crippen LogP) is 2.24. The van der Waals surface area contributed by atoms with Crippen LogP contribution in [0, 0.1) is 5.92 Å². The van der Waals surface area contributed by atoms with Crippen molar-refractivity contribution in [2.24, 2.45) is 5.92 Å². The number of carboxylic acids is 1. The topological polar surface area (TPSA) is 71.4 Å². The van der Waals surface area contributed by atoms with Crippen molar-refractivity contribution in [2.45, 2.75) is 51.4 Å². The molecule has 0 spiro atoms. The molecule has 4 nitrogen and oxygen atoms in total. The maximum Gasteiger partial charge on any atom is 0.303 e. The number of hydrogen-bond donors (Lipinski definition) is 1. The van der Waals surface area contributed by atoms with Gasteiger partial charge in [-0.25, -0.2) is 8.42 Å². The summed E-state index contributed by atoms with van der Waals surface area (Å²) in [4.78, 5) is 10.3. The van der Waals surface area contributed by atoms with Crippen LogP contribution in [0.5, 0.6) is 0 Å². The van der Waals surface area contributed by atoms with Gasteiger partial charge in [0.05, 0.1) is 11.5 Å². The van der Waals surface area contributed by atoms with Gasteiger partial charge in [-0.3, -0.25) is 4.79 Å². The highest BCUT2D eigenvalue weighted by molar-refractivity contribution is 7.91. The molecule has 1 fully saturated rings. The largest absolute Gasteiger partial charge is 0.481 e. The third-order valence-corrected chi connectivity index (χ3v) is 5.20. The quantitative estimate of drug-likeness (QED) is 0.681. The molecule has 1 aliphatic carbocycles. The van der Waals surface area contributed by atoms with Crippen molar-refractivity contribution in [2.75, 3.05) is 11.5 Å². The molecule has 1 N–H and O–H groups in total. The smallest absolute Gasteiger partial charge is 0.303 e. The van der Waals surface area contributed by atoms with Crippen LogP contribution >= 0.6 is 0 Å². The van der Waals surface area contributed by atoms with Gasteiger partial charge in [-0.1, -0.05) is 19.3 Å². The number of rotatable bonds is 8. The second kappa shape index (κ2) is 6.99. The molecule has 5 heteroatoms. The van der Waals surface area contributed by atoms with Crippen LogP contribution in [0.15, 0.2) is 0 Å². The molecule has 0 aromatic heterocycles. The predicted molar refractivity (Wildman–Crippen MR) is 66.7 cm³/mol. The van der Waals surface area contributed by atoms with Gasteiger partial charge < -0.3 is 5.11 Å². The number of carboxylic acid groups (broad SMARTS) is 1. The zero-order valence-electron chi connectivity index (χ0n) is 10.2. The van der Waals surface area contributed by atoms with Gasteiger partial charge in [-0.2, -0.15) is 0 Å². The number of carbonyl (C=O) groups is 1. The summed E-state index contributed by atoms with van der Waals surface area (Å²) < 4.78 is 23.5. The van der Waals surface area contributed by atoms with Crippen LogP contribution in [0.2, 0.25) is 0 Å². The first kappa shape index (κ1) is 14.5. The van der Waals surface area contributed by atoms with Crippen LogP contribution in [-0.4, -0.2) is 31.0 Å². The van der Waals surface area contributed by atoms with Crippen LogP contribution in [0.25, 0.3) is 0 Å². The molecule has 1 aliphatic rings. The lowest BCUT2D eigenvalue weighted by Crippen LogP contribution is -2.17. The van der Waals surface area contributed by atoms with Crippen molar-refractivity contribution in [3.8, 4) is 0 Å². The fourth-order valence-electron chi connectivity index (χ4n) is 2.39. The molecule has 100 valence electrons. The van der Waals surface area contributed by atoms with Gasteiger partial charge in [0.2, 0.25) is 0 Å². The van der Waals surface area contributed by atoms with E-state index < -0.39 is 15.8 Å². The van der Waals surface area contributed by atoms with E-state index in [0.717, 1.165) is 12.8 Å². The first-order chi connectivity index (χ1) is 7.99. The summed E-state index contributed by atoms with van der Waals surface area (Å²) in [6.07, 6.45) is 6.45. The van der Waals surface area contributed by atoms with E-state index >= 15 is 0 Å². The minimum Gasteiger partial charge on any atom is -0.481 e. The second-order valence-electron chi connectivity index (χ2n) is 4.97. The average Bonchev–Trinajstić information content (AvgIpc) is 2.68. The van der Waals surface area contributed by atoms with Gasteiger partial charge in [0.25, 0.3) is 0 Å². The summed E-state index contributed by atoms with van der Waals surface area (Å²) >= 11 is 0. The van der Waals surface area contributed by atoms with Crippen molar-refractivity contribution in [1.82, 2.24) is 0 Å². The molecule has 0 aliphatic heterocycles. The van der Waals surface area contributed by atoms with E-state index in [1.54, 1.807) is 0 Å². The van der Waals surface area contributed by atoms with E-state index in [4.69, 9.17) is 5.11 Å². The fraction of sp³-hybridized carbons (Fsp3) is 0.917. The number of aliphatic carboxylic acids is 1. The monoisotopic (exact) mass is 262 g/mol. The minimum atomic E-state index is -2.91. The standard InChI is InChI=1S/C12H22O4S/c13-12(14)8-2-1-5-9-17(15,16)10-11-6-3-4-7-11/h11H,1-10H2,(H,13,14). The molecule has 17 heavy (non-hydrogen) atoms. The normalized spacial score (nSPS) is 17.4. The van der Waals surface area contributed by atoms with Gasteiger partial charge in [-0.05, 0) is 31.6 Å². The Labute approximate surface area is 103 Å². The van der Waals surface area contributed by atoms with Crippen LogP contribution in [0.3, 0.4) is 0 Å². The molecule has 0 radical (unpaired) electrons. The zero-order valence-corrected chi connectivity index (χ0v) is 11.0. The average molecular weight is 262 g/mol. The summed E-state index contributed by atoms with van der Waals surface area (Å²) in [6.45, 7) is 0. The van der Waals surface area contributed by atoms with Crippen LogP contribution in [0.1, 0.15) is 51.4 Å². The molecule has 0 heterocycles. The Hall–Kier alpha value is -0.580. The molecule has 0 atom stereocenters. The van der Waals surface area contributed by atoms with Crippen LogP contribution in [0.4, 0.5) is 0 Å². The maximum absolute atomic E-state index is 11.8. The van der Waals surface area contributed by atoms with E-state index in [9.17, 15) is 13.2 Å². The van der Waals surface area contributed by atoms with Crippen LogP contribution < -0.4 is 0 Å². The number of hydrogen-bond acceptors (Lipinski definition) is 3. The summed E-state index contributed by atoms with van der Waals surface area (Å²) in [5.74, 6) is 0.132. The maximum atomic E-state index is 11.8. The van der Waals surface area contributed by atoms with Crippen molar-refractivity contribution in [3.63, 3.8) is 0 Å². The Balaban J connectivity index is 2.13. The highest BCUT2D eigenvalue weighted by Crippen LogP contribution is 2.26. The highest BCUT2D eigenvalue weighted by Gasteiger charge is 2.22. The summed E-state index contributed by atoms with van der Waals surface area (Å²) in [5.41, 5.74) is 0.